The van der Waals surface area contributed by atoms with Crippen molar-refractivity contribution in [2.75, 3.05) is 25.0 Å². The van der Waals surface area contributed by atoms with Gasteiger partial charge < -0.3 is 10.4 Å². The van der Waals surface area contributed by atoms with Crippen molar-refractivity contribution in [2.45, 2.75) is 32.8 Å². The monoisotopic (exact) mass is 276 g/mol. The van der Waals surface area contributed by atoms with E-state index >= 15 is 0 Å². The number of carbonyl (C=O) groups is 1. The summed E-state index contributed by atoms with van der Waals surface area (Å²) >= 11 is 0. The molecule has 2 N–H and O–H groups in total. The van der Waals surface area contributed by atoms with Gasteiger partial charge in [-0.15, -0.1) is 0 Å². The molecule has 110 valence electrons. The molecule has 1 saturated heterocycles. The largest absolute Gasteiger partial charge is 0.393 e. The van der Waals surface area contributed by atoms with Crippen LogP contribution in [0, 0.1) is 12.8 Å². The van der Waals surface area contributed by atoms with Gasteiger partial charge in [-0.1, -0.05) is 18.2 Å². The summed E-state index contributed by atoms with van der Waals surface area (Å²) in [6.07, 6.45) is 1.80. The molecule has 2 atom stereocenters. The van der Waals surface area contributed by atoms with Gasteiger partial charge in [-0.05, 0) is 50.8 Å². The fourth-order valence-corrected chi connectivity index (χ4v) is 2.73. The molecule has 1 aromatic rings. The average molecular weight is 276 g/mol. The smallest absolute Gasteiger partial charge is 0.238 e. The highest BCUT2D eigenvalue weighted by Gasteiger charge is 2.24. The Morgan fingerprint density at radius 3 is 2.95 bits per heavy atom. The fraction of sp³-hybridized carbons (Fsp3) is 0.562. The Hall–Kier alpha value is -1.39. The van der Waals surface area contributed by atoms with Crippen molar-refractivity contribution in [3.05, 3.63) is 29.8 Å². The number of piperidine rings is 1. The second kappa shape index (κ2) is 6.86. The Labute approximate surface area is 120 Å². The van der Waals surface area contributed by atoms with Crippen molar-refractivity contribution >= 4 is 11.6 Å². The van der Waals surface area contributed by atoms with Gasteiger partial charge in [-0.25, -0.2) is 0 Å². The maximum absolute atomic E-state index is 12.1. The highest BCUT2D eigenvalue weighted by Crippen LogP contribution is 2.19. The number of amides is 1. The topological polar surface area (TPSA) is 52.6 Å². The van der Waals surface area contributed by atoms with E-state index in [0.717, 1.165) is 37.2 Å². The molecule has 2 rings (SSSR count). The molecule has 0 saturated carbocycles. The molecule has 0 radical (unpaired) electrons. The van der Waals surface area contributed by atoms with Crippen LogP contribution >= 0.6 is 0 Å². The summed E-state index contributed by atoms with van der Waals surface area (Å²) in [5.41, 5.74) is 1.95. The van der Waals surface area contributed by atoms with Crippen LogP contribution in [-0.4, -0.2) is 41.7 Å². The van der Waals surface area contributed by atoms with E-state index < -0.39 is 0 Å². The number of nitrogens with one attached hydrogen (secondary N) is 1. The first-order chi connectivity index (χ1) is 9.56. The van der Waals surface area contributed by atoms with Gasteiger partial charge in [-0.3, -0.25) is 9.69 Å². The van der Waals surface area contributed by atoms with Crippen molar-refractivity contribution in [1.29, 1.82) is 0 Å². The summed E-state index contributed by atoms with van der Waals surface area (Å²) < 4.78 is 0. The number of hydrogen-bond donors (Lipinski definition) is 2. The number of rotatable bonds is 4. The van der Waals surface area contributed by atoms with Crippen molar-refractivity contribution in [3.63, 3.8) is 0 Å². The predicted molar refractivity (Wildman–Crippen MR) is 80.7 cm³/mol. The van der Waals surface area contributed by atoms with Crippen LogP contribution in [0.3, 0.4) is 0 Å². The number of para-hydroxylation sites is 1. The Bertz CT molecular complexity index is 460. The van der Waals surface area contributed by atoms with Crippen LogP contribution in [0.2, 0.25) is 0 Å². The predicted octanol–water partition coefficient (Wildman–Crippen LogP) is 2.03. The Kier molecular flexibility index (Phi) is 5.15. The third-order valence-corrected chi connectivity index (χ3v) is 4.01. The van der Waals surface area contributed by atoms with Crippen molar-refractivity contribution < 1.29 is 9.90 Å². The SMILES string of the molecule is Cc1ccccc1NC(=O)CN1CCCC(C(C)O)C1. The zero-order chi connectivity index (χ0) is 14.5. The number of hydrogen-bond acceptors (Lipinski definition) is 3. The molecule has 20 heavy (non-hydrogen) atoms. The van der Waals surface area contributed by atoms with E-state index in [1.54, 1.807) is 0 Å². The molecule has 0 bridgehead atoms. The summed E-state index contributed by atoms with van der Waals surface area (Å²) in [7, 11) is 0. The lowest BCUT2D eigenvalue weighted by atomic mass is 9.93. The molecule has 0 aliphatic carbocycles. The number of carbonyl (C=O) groups excluding carboxylic acids is 1. The normalized spacial score (nSPS) is 21.4. The molecule has 1 aliphatic heterocycles. The summed E-state index contributed by atoms with van der Waals surface area (Å²) in [5.74, 6) is 0.306. The Morgan fingerprint density at radius 2 is 2.25 bits per heavy atom. The number of likely N-dealkylation sites (tertiary alicyclic amines) is 1. The van der Waals surface area contributed by atoms with Gasteiger partial charge in [0.15, 0.2) is 0 Å². The van der Waals surface area contributed by atoms with Gasteiger partial charge in [0.05, 0.1) is 12.6 Å². The number of nitrogens with zero attached hydrogens (tertiary/aromatic N) is 1. The van der Waals surface area contributed by atoms with Gasteiger partial charge in [0.2, 0.25) is 5.91 Å². The minimum atomic E-state index is -0.294. The third kappa shape index (κ3) is 4.05. The maximum atomic E-state index is 12.1. The number of aliphatic hydroxyl groups excluding tert-OH is 1. The van der Waals surface area contributed by atoms with Crippen LogP contribution < -0.4 is 5.32 Å². The quantitative estimate of drug-likeness (QED) is 0.884. The van der Waals surface area contributed by atoms with Gasteiger partial charge in [0.25, 0.3) is 0 Å². The molecule has 4 heteroatoms. The van der Waals surface area contributed by atoms with E-state index in [4.69, 9.17) is 0 Å². The van der Waals surface area contributed by atoms with E-state index in [0.29, 0.717) is 6.54 Å². The van der Waals surface area contributed by atoms with Crippen LogP contribution in [-0.2, 0) is 4.79 Å². The van der Waals surface area contributed by atoms with Crippen LogP contribution in [0.25, 0.3) is 0 Å². The Morgan fingerprint density at radius 1 is 1.50 bits per heavy atom. The van der Waals surface area contributed by atoms with Gasteiger partial charge in [0.1, 0.15) is 0 Å². The first kappa shape index (κ1) is 15.0. The minimum absolute atomic E-state index is 0.0190. The third-order valence-electron chi connectivity index (χ3n) is 4.01. The molecule has 2 unspecified atom stereocenters. The fourth-order valence-electron chi connectivity index (χ4n) is 2.73. The van der Waals surface area contributed by atoms with Gasteiger partial charge in [-0.2, -0.15) is 0 Å². The molecule has 1 fully saturated rings. The van der Waals surface area contributed by atoms with Gasteiger partial charge >= 0.3 is 0 Å². The summed E-state index contributed by atoms with van der Waals surface area (Å²) in [4.78, 5) is 14.2. The summed E-state index contributed by atoms with van der Waals surface area (Å²) in [5, 5.41) is 12.6. The minimum Gasteiger partial charge on any atom is -0.393 e. The van der Waals surface area contributed by atoms with E-state index in [2.05, 4.69) is 10.2 Å². The maximum Gasteiger partial charge on any atom is 0.238 e. The van der Waals surface area contributed by atoms with Crippen LogP contribution in [0.5, 0.6) is 0 Å². The number of anilines is 1. The highest BCUT2D eigenvalue weighted by atomic mass is 16.3. The number of aliphatic hydroxyl groups is 1. The highest BCUT2D eigenvalue weighted by molar-refractivity contribution is 5.92. The van der Waals surface area contributed by atoms with Crippen LogP contribution in [0.1, 0.15) is 25.3 Å². The lowest BCUT2D eigenvalue weighted by Gasteiger charge is -2.33. The second-order valence-electron chi connectivity index (χ2n) is 5.74. The van der Waals surface area contributed by atoms with E-state index in [1.807, 2.05) is 38.1 Å². The molecule has 0 spiro atoms. The van der Waals surface area contributed by atoms with Crippen molar-refractivity contribution in [3.8, 4) is 0 Å². The van der Waals surface area contributed by atoms with E-state index in [1.165, 1.54) is 0 Å². The number of benzene rings is 1. The van der Waals surface area contributed by atoms with Crippen molar-refractivity contribution in [1.82, 2.24) is 4.90 Å². The molecule has 1 amide bonds. The first-order valence-electron chi connectivity index (χ1n) is 7.32. The standard InChI is InChI=1S/C16H24N2O2/c1-12-6-3-4-8-15(12)17-16(20)11-18-9-5-7-14(10-18)13(2)19/h3-4,6,8,13-14,19H,5,7,9-11H2,1-2H3,(H,17,20). The lowest BCUT2D eigenvalue weighted by molar-refractivity contribution is -0.118. The molecule has 1 aliphatic rings. The van der Waals surface area contributed by atoms with Crippen LogP contribution in [0.15, 0.2) is 24.3 Å². The molecule has 0 aromatic heterocycles. The lowest BCUT2D eigenvalue weighted by Crippen LogP contribution is -2.43. The molecular weight excluding hydrogens is 252 g/mol. The molecule has 1 heterocycles. The zero-order valence-corrected chi connectivity index (χ0v) is 12.3. The van der Waals surface area contributed by atoms with Gasteiger partial charge in [0, 0.05) is 12.2 Å². The Balaban J connectivity index is 1.87. The first-order valence-corrected chi connectivity index (χ1v) is 7.32. The summed E-state index contributed by atoms with van der Waals surface area (Å²) in [6, 6.07) is 7.79. The summed E-state index contributed by atoms with van der Waals surface area (Å²) in [6.45, 7) is 5.96. The van der Waals surface area contributed by atoms with E-state index in [-0.39, 0.29) is 17.9 Å². The number of aryl methyl sites for hydroxylation is 1. The zero-order valence-electron chi connectivity index (χ0n) is 12.3. The molecule has 1 aromatic carbocycles. The van der Waals surface area contributed by atoms with Crippen molar-refractivity contribution in [2.24, 2.45) is 5.92 Å². The van der Waals surface area contributed by atoms with E-state index in [9.17, 15) is 9.90 Å². The van der Waals surface area contributed by atoms with Crippen LogP contribution in [0.4, 0.5) is 5.69 Å². The molecule has 4 nitrogen and oxygen atoms in total. The second-order valence-corrected chi connectivity index (χ2v) is 5.74. The molecular formula is C16H24N2O2. The average Bonchev–Trinajstić information content (AvgIpc) is 2.41.